The molecule has 0 saturated carbocycles. The summed E-state index contributed by atoms with van der Waals surface area (Å²) in [6, 6.07) is 15.9. The molecule has 0 radical (unpaired) electrons. The SMILES string of the molecule is CCC(=O)N1CC2(C1)[C@H](c1ccc(-c3cccc(C)c3)cc1)[C@@H](CO)N2S(C)(=O)=O. The van der Waals surface area contributed by atoms with Crippen LogP contribution in [0.25, 0.3) is 11.1 Å². The van der Waals surface area contributed by atoms with E-state index < -0.39 is 21.6 Å². The van der Waals surface area contributed by atoms with Crippen molar-refractivity contribution >= 4 is 15.9 Å². The molecule has 2 aliphatic rings. The molecule has 2 aromatic carbocycles. The van der Waals surface area contributed by atoms with Gasteiger partial charge in [0.25, 0.3) is 0 Å². The molecule has 30 heavy (non-hydrogen) atoms. The average molecular weight is 429 g/mol. The van der Waals surface area contributed by atoms with Crippen molar-refractivity contribution in [2.24, 2.45) is 0 Å². The number of sulfonamides is 1. The Morgan fingerprint density at radius 1 is 1.13 bits per heavy atom. The molecule has 2 heterocycles. The summed E-state index contributed by atoms with van der Waals surface area (Å²) >= 11 is 0. The number of aryl methyl sites for hydroxylation is 1. The van der Waals surface area contributed by atoms with E-state index in [1.165, 1.54) is 16.1 Å². The number of nitrogens with zero attached hydrogens (tertiary/aromatic N) is 2. The highest BCUT2D eigenvalue weighted by molar-refractivity contribution is 7.88. The van der Waals surface area contributed by atoms with Crippen molar-refractivity contribution in [2.45, 2.75) is 37.8 Å². The Morgan fingerprint density at radius 2 is 1.80 bits per heavy atom. The molecule has 1 spiro atoms. The highest BCUT2D eigenvalue weighted by Crippen LogP contribution is 2.55. The number of rotatable bonds is 5. The van der Waals surface area contributed by atoms with Crippen LogP contribution in [0, 0.1) is 6.92 Å². The fraction of sp³-hybridized carbons (Fsp3) is 0.435. The zero-order valence-corrected chi connectivity index (χ0v) is 18.4. The second-order valence-corrected chi connectivity index (χ2v) is 10.3. The highest BCUT2D eigenvalue weighted by atomic mass is 32.2. The summed E-state index contributed by atoms with van der Waals surface area (Å²) in [5, 5.41) is 10.0. The first-order valence-electron chi connectivity index (χ1n) is 10.3. The summed E-state index contributed by atoms with van der Waals surface area (Å²) in [6.45, 7) is 4.35. The third-order valence-electron chi connectivity index (χ3n) is 6.45. The van der Waals surface area contributed by atoms with Gasteiger partial charge in [-0.3, -0.25) is 4.79 Å². The van der Waals surface area contributed by atoms with Crippen molar-refractivity contribution in [1.29, 1.82) is 0 Å². The number of hydrogen-bond donors (Lipinski definition) is 1. The van der Waals surface area contributed by atoms with Crippen LogP contribution in [0.1, 0.15) is 30.4 Å². The van der Waals surface area contributed by atoms with Gasteiger partial charge in [0.05, 0.1) is 24.4 Å². The fourth-order valence-electron chi connectivity index (χ4n) is 5.23. The van der Waals surface area contributed by atoms with Gasteiger partial charge in [0.1, 0.15) is 0 Å². The van der Waals surface area contributed by atoms with Crippen molar-refractivity contribution in [3.63, 3.8) is 0 Å². The van der Waals surface area contributed by atoms with Crippen molar-refractivity contribution in [1.82, 2.24) is 9.21 Å². The molecular weight excluding hydrogens is 400 g/mol. The number of aliphatic hydroxyl groups is 1. The lowest BCUT2D eigenvalue weighted by Crippen LogP contribution is -2.85. The largest absolute Gasteiger partial charge is 0.395 e. The Morgan fingerprint density at radius 3 is 2.33 bits per heavy atom. The Labute approximate surface area is 178 Å². The molecule has 6 nitrogen and oxygen atoms in total. The predicted octanol–water partition coefficient (Wildman–Crippen LogP) is 2.37. The number of hydrogen-bond acceptors (Lipinski definition) is 4. The van der Waals surface area contributed by atoms with Gasteiger partial charge < -0.3 is 10.0 Å². The molecule has 1 amide bonds. The fourth-order valence-corrected chi connectivity index (χ4v) is 6.79. The number of amides is 1. The van der Waals surface area contributed by atoms with Crippen LogP contribution < -0.4 is 0 Å². The first-order chi connectivity index (χ1) is 14.2. The van der Waals surface area contributed by atoms with Crippen LogP contribution >= 0.6 is 0 Å². The number of aliphatic hydroxyl groups excluding tert-OH is 1. The molecule has 0 aromatic heterocycles. The average Bonchev–Trinajstić information content (AvgIpc) is 2.65. The summed E-state index contributed by atoms with van der Waals surface area (Å²) in [6.07, 6.45) is 1.58. The first kappa shape index (κ1) is 21.0. The van der Waals surface area contributed by atoms with Crippen LogP contribution in [0.4, 0.5) is 0 Å². The minimum atomic E-state index is -3.51. The van der Waals surface area contributed by atoms with E-state index in [2.05, 4.69) is 25.1 Å². The van der Waals surface area contributed by atoms with Gasteiger partial charge in [-0.25, -0.2) is 8.42 Å². The van der Waals surface area contributed by atoms with E-state index in [0.717, 1.165) is 16.7 Å². The maximum Gasteiger partial charge on any atom is 0.222 e. The Hall–Kier alpha value is -2.22. The van der Waals surface area contributed by atoms with Crippen LogP contribution in [-0.2, 0) is 14.8 Å². The number of carbonyl (C=O) groups is 1. The molecule has 7 heteroatoms. The van der Waals surface area contributed by atoms with Gasteiger partial charge in [0, 0.05) is 25.4 Å². The van der Waals surface area contributed by atoms with Gasteiger partial charge >= 0.3 is 0 Å². The lowest BCUT2D eigenvalue weighted by atomic mass is 9.62. The van der Waals surface area contributed by atoms with E-state index in [4.69, 9.17) is 0 Å². The zero-order chi connectivity index (χ0) is 21.7. The number of carbonyl (C=O) groups excluding carboxylic acids is 1. The second-order valence-electron chi connectivity index (χ2n) is 8.48. The third-order valence-corrected chi connectivity index (χ3v) is 7.80. The number of likely N-dealkylation sites (tertiary alicyclic amines) is 1. The summed E-state index contributed by atoms with van der Waals surface area (Å²) in [5.41, 5.74) is 3.73. The maximum absolute atomic E-state index is 12.5. The molecule has 1 N–H and O–H groups in total. The summed E-state index contributed by atoms with van der Waals surface area (Å²) in [4.78, 5) is 13.8. The molecule has 2 fully saturated rings. The minimum Gasteiger partial charge on any atom is -0.395 e. The van der Waals surface area contributed by atoms with Gasteiger partial charge in [0.15, 0.2) is 0 Å². The Bertz CT molecular complexity index is 1060. The lowest BCUT2D eigenvalue weighted by molar-refractivity contribution is -0.167. The van der Waals surface area contributed by atoms with Crippen LogP contribution in [0.5, 0.6) is 0 Å². The molecule has 2 aromatic rings. The monoisotopic (exact) mass is 428 g/mol. The lowest BCUT2D eigenvalue weighted by Gasteiger charge is -2.69. The van der Waals surface area contributed by atoms with Crippen LogP contribution in [0.2, 0.25) is 0 Å². The zero-order valence-electron chi connectivity index (χ0n) is 17.6. The molecule has 0 aliphatic carbocycles. The highest BCUT2D eigenvalue weighted by Gasteiger charge is 2.69. The Kier molecular flexibility index (Phi) is 5.24. The van der Waals surface area contributed by atoms with Crippen molar-refractivity contribution in [3.05, 3.63) is 59.7 Å². The van der Waals surface area contributed by atoms with E-state index in [-0.39, 0.29) is 18.4 Å². The smallest absolute Gasteiger partial charge is 0.222 e. The van der Waals surface area contributed by atoms with Gasteiger partial charge in [-0.2, -0.15) is 4.31 Å². The van der Waals surface area contributed by atoms with E-state index in [0.29, 0.717) is 19.5 Å². The van der Waals surface area contributed by atoms with Crippen LogP contribution in [0.3, 0.4) is 0 Å². The molecule has 4 rings (SSSR count). The quantitative estimate of drug-likeness (QED) is 0.793. The number of benzene rings is 2. The summed E-state index contributed by atoms with van der Waals surface area (Å²) in [5.74, 6) is -0.125. The van der Waals surface area contributed by atoms with E-state index >= 15 is 0 Å². The third kappa shape index (κ3) is 3.25. The van der Waals surface area contributed by atoms with Crippen molar-refractivity contribution < 1.29 is 18.3 Å². The molecule has 2 saturated heterocycles. The van der Waals surface area contributed by atoms with Crippen LogP contribution in [-0.4, -0.2) is 66.2 Å². The first-order valence-corrected chi connectivity index (χ1v) is 12.1. The van der Waals surface area contributed by atoms with Gasteiger partial charge in [-0.15, -0.1) is 0 Å². The normalized spacial score (nSPS) is 23.1. The molecule has 160 valence electrons. The van der Waals surface area contributed by atoms with Crippen LogP contribution in [0.15, 0.2) is 48.5 Å². The molecular formula is C23H28N2O4S. The topological polar surface area (TPSA) is 77.9 Å². The molecule has 0 bridgehead atoms. The van der Waals surface area contributed by atoms with E-state index in [1.54, 1.807) is 11.8 Å². The van der Waals surface area contributed by atoms with Gasteiger partial charge in [0.2, 0.25) is 15.9 Å². The molecule has 2 aliphatic heterocycles. The molecule has 0 unspecified atom stereocenters. The van der Waals surface area contributed by atoms with E-state index in [1.807, 2.05) is 30.3 Å². The second kappa shape index (κ2) is 7.48. The molecule has 2 atom stereocenters. The summed E-state index contributed by atoms with van der Waals surface area (Å²) < 4.78 is 26.4. The van der Waals surface area contributed by atoms with Crippen molar-refractivity contribution in [2.75, 3.05) is 26.0 Å². The van der Waals surface area contributed by atoms with E-state index in [9.17, 15) is 18.3 Å². The van der Waals surface area contributed by atoms with Gasteiger partial charge in [-0.1, -0.05) is 61.0 Å². The standard InChI is InChI=1S/C23H28N2O4S/c1-4-21(27)24-14-23(15-24)22(20(13-26)25(23)30(3,28)29)18-10-8-17(9-11-18)19-7-5-6-16(2)12-19/h5-12,20,22,26H,4,13-15H2,1-3H3/t20-,22-/m1/s1. The maximum atomic E-state index is 12.5. The predicted molar refractivity (Wildman–Crippen MR) is 117 cm³/mol. The van der Waals surface area contributed by atoms with Gasteiger partial charge in [-0.05, 0) is 23.6 Å². The Balaban J connectivity index is 1.67. The summed E-state index contributed by atoms with van der Waals surface area (Å²) in [7, 11) is -3.51. The minimum absolute atomic E-state index is 0.0232. The van der Waals surface area contributed by atoms with Crippen molar-refractivity contribution in [3.8, 4) is 11.1 Å².